The van der Waals surface area contributed by atoms with Gasteiger partial charge in [0.25, 0.3) is 0 Å². The van der Waals surface area contributed by atoms with Gasteiger partial charge in [0, 0.05) is 0 Å². The monoisotopic (exact) mass is 597 g/mol. The van der Waals surface area contributed by atoms with Crippen molar-refractivity contribution in [3.05, 3.63) is 114 Å². The lowest BCUT2D eigenvalue weighted by Gasteiger charge is -2.37. The Morgan fingerprint density at radius 2 is 1.58 bits per heavy atom. The number of anilines is 1. The molecule has 0 aliphatic carbocycles. The van der Waals surface area contributed by atoms with E-state index in [0.717, 1.165) is 22.4 Å². The third-order valence-corrected chi connectivity index (χ3v) is 8.34. The highest BCUT2D eigenvalue weighted by atomic mass is 32.2. The Kier molecular flexibility index (Phi) is 8.62. The minimum atomic E-state index is -0.882. The summed E-state index contributed by atoms with van der Waals surface area (Å²) in [5, 5.41) is 15.1. The molecule has 0 amide bonds. The van der Waals surface area contributed by atoms with Crippen LogP contribution >= 0.6 is 11.8 Å². The Morgan fingerprint density at radius 1 is 0.930 bits per heavy atom. The number of aromatic nitrogens is 4. The maximum Gasteiger partial charge on any atom is 0.167 e. The molecule has 1 saturated heterocycles. The van der Waals surface area contributed by atoms with E-state index in [2.05, 4.69) is 46.7 Å². The number of ether oxygens (including phenoxy) is 3. The summed E-state index contributed by atoms with van der Waals surface area (Å²) in [4.78, 5) is 14.0. The van der Waals surface area contributed by atoms with E-state index >= 15 is 0 Å². The Hall–Kier alpha value is -3.96. The van der Waals surface area contributed by atoms with Crippen LogP contribution in [0.1, 0.15) is 36.3 Å². The summed E-state index contributed by atoms with van der Waals surface area (Å²) in [7, 11) is 1.66. The minimum Gasteiger partial charge on any atom is -0.497 e. The Morgan fingerprint density at radius 3 is 2.19 bits per heavy atom. The molecule has 4 atom stereocenters. The molecule has 10 heteroatoms. The maximum absolute atomic E-state index is 11.3. The van der Waals surface area contributed by atoms with Crippen LogP contribution in [0.4, 0.5) is 5.82 Å². The summed E-state index contributed by atoms with van der Waals surface area (Å²) >= 11 is 1.56. The van der Waals surface area contributed by atoms with Gasteiger partial charge in [0.2, 0.25) is 0 Å². The first-order valence-corrected chi connectivity index (χ1v) is 15.7. The number of fused-ring (bicyclic) bond motifs is 1. The van der Waals surface area contributed by atoms with Gasteiger partial charge in [-0.15, -0.1) is 11.8 Å². The van der Waals surface area contributed by atoms with Gasteiger partial charge in [0.05, 0.1) is 25.5 Å². The quantitative estimate of drug-likeness (QED) is 0.148. The maximum atomic E-state index is 11.3. The summed E-state index contributed by atoms with van der Waals surface area (Å²) in [6, 6.07) is 28.6. The summed E-state index contributed by atoms with van der Waals surface area (Å²) in [6.07, 6.45) is 3.57. The van der Waals surface area contributed by atoms with Gasteiger partial charge in [0.15, 0.2) is 23.2 Å². The lowest BCUT2D eigenvalue weighted by Crippen LogP contribution is -2.38. The van der Waals surface area contributed by atoms with Crippen molar-refractivity contribution >= 4 is 28.7 Å². The number of aliphatic hydroxyl groups excluding tert-OH is 1. The van der Waals surface area contributed by atoms with Gasteiger partial charge in [-0.1, -0.05) is 79.7 Å². The molecule has 2 aromatic heterocycles. The van der Waals surface area contributed by atoms with Gasteiger partial charge in [-0.05, 0) is 41.5 Å². The van der Waals surface area contributed by atoms with Gasteiger partial charge in [-0.3, -0.25) is 4.57 Å². The second kappa shape index (κ2) is 12.7. The summed E-state index contributed by atoms with van der Waals surface area (Å²) in [6.45, 7) is 2.03. The fourth-order valence-electron chi connectivity index (χ4n) is 5.87. The molecule has 6 rings (SSSR count). The first-order valence-electron chi connectivity index (χ1n) is 14.3. The van der Waals surface area contributed by atoms with E-state index in [1.165, 1.54) is 6.33 Å². The molecule has 43 heavy (non-hydrogen) atoms. The standard InChI is InChI=1S/C33H35N5O4S/c1-4-26-29(41-21-43-3)28(39)32(42-26)38-20-36-27-30(34-19-35-31(27)38)37-33(22-11-7-5-8-12-22,23-13-9-6-10-14-23)24-15-17-25(40-2)18-16-24/h5-20,26,28-29,32,39H,4,21H2,1-3H3,(H,34,35,37)/t26-,28?,29?,32-/m1/s1. The molecule has 9 nitrogen and oxygen atoms in total. The highest BCUT2D eigenvalue weighted by Gasteiger charge is 2.45. The fraction of sp³-hybridized carbons (Fsp3) is 0.303. The number of hydrogen-bond acceptors (Lipinski definition) is 9. The Balaban J connectivity index is 1.47. The van der Waals surface area contributed by atoms with Crippen molar-refractivity contribution in [1.82, 2.24) is 19.5 Å². The van der Waals surface area contributed by atoms with Gasteiger partial charge < -0.3 is 24.6 Å². The lowest BCUT2D eigenvalue weighted by atomic mass is 9.77. The van der Waals surface area contributed by atoms with Crippen molar-refractivity contribution in [3.8, 4) is 5.75 Å². The highest BCUT2D eigenvalue weighted by molar-refractivity contribution is 7.98. The van der Waals surface area contributed by atoms with E-state index in [1.807, 2.05) is 61.7 Å². The number of nitrogens with one attached hydrogen (secondary N) is 1. The summed E-state index contributed by atoms with van der Waals surface area (Å²) in [5.74, 6) is 1.78. The zero-order chi connectivity index (χ0) is 29.8. The number of rotatable bonds is 11. The van der Waals surface area contributed by atoms with Crippen molar-refractivity contribution in [2.75, 3.05) is 24.6 Å². The number of benzene rings is 3. The number of imidazole rings is 1. The van der Waals surface area contributed by atoms with E-state index in [0.29, 0.717) is 29.3 Å². The molecular formula is C33H35N5O4S. The summed E-state index contributed by atoms with van der Waals surface area (Å²) < 4.78 is 19.5. The highest BCUT2D eigenvalue weighted by Crippen LogP contribution is 2.42. The second-order valence-electron chi connectivity index (χ2n) is 10.4. The van der Waals surface area contributed by atoms with E-state index in [-0.39, 0.29) is 6.10 Å². The van der Waals surface area contributed by atoms with Crippen LogP contribution in [0.2, 0.25) is 0 Å². The normalized spacial score (nSPS) is 20.4. The first kappa shape index (κ1) is 29.1. The van der Waals surface area contributed by atoms with Gasteiger partial charge in [0.1, 0.15) is 29.8 Å². The van der Waals surface area contributed by atoms with Crippen LogP contribution in [-0.4, -0.2) is 62.2 Å². The van der Waals surface area contributed by atoms with Crippen molar-refractivity contribution in [2.24, 2.45) is 0 Å². The topological polar surface area (TPSA) is 104 Å². The predicted molar refractivity (Wildman–Crippen MR) is 168 cm³/mol. The minimum absolute atomic E-state index is 0.247. The largest absolute Gasteiger partial charge is 0.497 e. The van der Waals surface area contributed by atoms with Crippen LogP contribution in [-0.2, 0) is 15.0 Å². The molecule has 0 saturated carbocycles. The predicted octanol–water partition coefficient (Wildman–Crippen LogP) is 5.61. The zero-order valence-electron chi connectivity index (χ0n) is 24.3. The number of aliphatic hydroxyl groups is 1. The van der Waals surface area contributed by atoms with Crippen LogP contribution in [0, 0.1) is 0 Å². The van der Waals surface area contributed by atoms with Crippen LogP contribution in [0.3, 0.4) is 0 Å². The Bertz CT molecular complexity index is 1590. The van der Waals surface area contributed by atoms with E-state index in [4.69, 9.17) is 24.2 Å². The Labute approximate surface area is 255 Å². The third-order valence-electron chi connectivity index (χ3n) is 7.97. The van der Waals surface area contributed by atoms with E-state index < -0.39 is 24.0 Å². The second-order valence-corrected chi connectivity index (χ2v) is 11.2. The molecule has 1 fully saturated rings. The van der Waals surface area contributed by atoms with Crippen LogP contribution in [0.5, 0.6) is 5.75 Å². The average Bonchev–Trinajstić information content (AvgIpc) is 3.64. The van der Waals surface area contributed by atoms with Crippen molar-refractivity contribution in [3.63, 3.8) is 0 Å². The molecule has 3 heterocycles. The molecule has 3 aromatic carbocycles. The molecule has 2 unspecified atom stereocenters. The smallest absolute Gasteiger partial charge is 0.167 e. The van der Waals surface area contributed by atoms with Crippen molar-refractivity contribution < 1.29 is 19.3 Å². The molecule has 1 aliphatic heterocycles. The lowest BCUT2D eigenvalue weighted by molar-refractivity contribution is -0.0357. The van der Waals surface area contributed by atoms with Crippen molar-refractivity contribution in [2.45, 2.75) is 43.4 Å². The van der Waals surface area contributed by atoms with Gasteiger partial charge in [-0.25, -0.2) is 15.0 Å². The molecule has 2 N–H and O–H groups in total. The molecule has 0 radical (unpaired) electrons. The van der Waals surface area contributed by atoms with Gasteiger partial charge in [-0.2, -0.15) is 0 Å². The molecular weight excluding hydrogens is 562 g/mol. The van der Waals surface area contributed by atoms with Gasteiger partial charge >= 0.3 is 0 Å². The molecule has 0 spiro atoms. The van der Waals surface area contributed by atoms with Crippen LogP contribution < -0.4 is 10.1 Å². The SMILES string of the molecule is CC[C@H]1O[C@@H](n2cnc3c(NC(c4ccccc4)(c4ccccc4)c4ccc(OC)cc4)ncnc32)C(O)C1OCSC. The number of methoxy groups -OCH3 is 1. The fourth-order valence-corrected chi connectivity index (χ4v) is 6.16. The molecule has 1 aliphatic rings. The zero-order valence-corrected chi connectivity index (χ0v) is 25.1. The first-order chi connectivity index (χ1) is 21.1. The van der Waals surface area contributed by atoms with Crippen LogP contribution in [0.25, 0.3) is 11.2 Å². The average molecular weight is 598 g/mol. The number of thioether (sulfide) groups is 1. The molecule has 5 aromatic rings. The van der Waals surface area contributed by atoms with Crippen LogP contribution in [0.15, 0.2) is 97.6 Å². The van der Waals surface area contributed by atoms with E-state index in [9.17, 15) is 5.11 Å². The molecule has 222 valence electrons. The molecule has 0 bridgehead atoms. The van der Waals surface area contributed by atoms with Crippen molar-refractivity contribution in [1.29, 1.82) is 0 Å². The number of nitrogens with zero attached hydrogens (tertiary/aromatic N) is 4. The third kappa shape index (κ3) is 5.36. The summed E-state index contributed by atoms with van der Waals surface area (Å²) in [5.41, 5.74) is 3.30. The van der Waals surface area contributed by atoms with E-state index in [1.54, 1.807) is 29.8 Å². The number of hydrogen-bond donors (Lipinski definition) is 2.